The van der Waals surface area contributed by atoms with Gasteiger partial charge in [-0.25, -0.2) is 0 Å². The molecule has 1 rings (SSSR count). The molecule has 0 spiro atoms. The lowest BCUT2D eigenvalue weighted by Crippen LogP contribution is -2.43. The van der Waals surface area contributed by atoms with Gasteiger partial charge in [0.1, 0.15) is 0 Å². The molecule has 0 aliphatic heterocycles. The number of likely N-dealkylation sites (N-methyl/N-ethyl adjacent to an activating group) is 1. The Morgan fingerprint density at radius 3 is 2.43 bits per heavy atom. The third-order valence-corrected chi connectivity index (χ3v) is 3.68. The van der Waals surface area contributed by atoms with E-state index >= 15 is 0 Å². The molecule has 0 aliphatic rings. The predicted molar refractivity (Wildman–Crippen MR) is 87.6 cm³/mol. The largest absolute Gasteiger partial charge is 0.383 e. The van der Waals surface area contributed by atoms with E-state index in [4.69, 9.17) is 9.47 Å². The first-order chi connectivity index (χ1) is 10.2. The molecule has 120 valence electrons. The summed E-state index contributed by atoms with van der Waals surface area (Å²) in [6.07, 6.45) is 0. The molecule has 0 heterocycles. The lowest BCUT2D eigenvalue weighted by molar-refractivity contribution is 0.0688. The second kappa shape index (κ2) is 10.7. The molecule has 0 aromatic heterocycles. The van der Waals surface area contributed by atoms with Crippen molar-refractivity contribution in [1.82, 2.24) is 10.2 Å². The van der Waals surface area contributed by atoms with Gasteiger partial charge in [0, 0.05) is 39.4 Å². The van der Waals surface area contributed by atoms with Crippen molar-refractivity contribution in [3.63, 3.8) is 0 Å². The van der Waals surface area contributed by atoms with E-state index in [1.54, 1.807) is 14.2 Å². The van der Waals surface area contributed by atoms with Gasteiger partial charge in [0.2, 0.25) is 0 Å². The van der Waals surface area contributed by atoms with Crippen molar-refractivity contribution < 1.29 is 9.47 Å². The van der Waals surface area contributed by atoms with Gasteiger partial charge < -0.3 is 14.8 Å². The molecular formula is C17H30N2O2. The molecule has 1 aromatic carbocycles. The minimum Gasteiger partial charge on any atom is -0.383 e. The third-order valence-electron chi connectivity index (χ3n) is 3.68. The summed E-state index contributed by atoms with van der Waals surface area (Å²) in [5.74, 6) is 0. The lowest BCUT2D eigenvalue weighted by atomic mass is 10.1. The standard InChI is InChI=1S/C17H30N2O2/c1-5-18-17(16-9-7-6-8-10-16)13-19(11-12-20-3)15(2)14-21-4/h6-10,15,17-18H,5,11-14H2,1-4H3. The fourth-order valence-electron chi connectivity index (χ4n) is 2.50. The van der Waals surface area contributed by atoms with Crippen molar-refractivity contribution in [3.05, 3.63) is 35.9 Å². The highest BCUT2D eigenvalue weighted by molar-refractivity contribution is 5.19. The van der Waals surface area contributed by atoms with Crippen LogP contribution in [-0.2, 0) is 9.47 Å². The van der Waals surface area contributed by atoms with Crippen LogP contribution in [0.5, 0.6) is 0 Å². The third kappa shape index (κ3) is 6.57. The van der Waals surface area contributed by atoms with Crippen LogP contribution >= 0.6 is 0 Å². The minimum absolute atomic E-state index is 0.326. The minimum atomic E-state index is 0.326. The zero-order chi connectivity index (χ0) is 15.5. The molecule has 0 aliphatic carbocycles. The van der Waals surface area contributed by atoms with Crippen LogP contribution in [0.1, 0.15) is 25.5 Å². The summed E-state index contributed by atoms with van der Waals surface area (Å²) in [6.45, 7) is 8.64. The zero-order valence-electron chi connectivity index (χ0n) is 13.8. The molecule has 2 atom stereocenters. The maximum absolute atomic E-state index is 5.31. The van der Waals surface area contributed by atoms with Crippen LogP contribution < -0.4 is 5.32 Å². The molecule has 1 N–H and O–H groups in total. The summed E-state index contributed by atoms with van der Waals surface area (Å²) in [5, 5.41) is 3.58. The number of hydrogen-bond acceptors (Lipinski definition) is 4. The normalized spacial score (nSPS) is 14.3. The first-order valence-corrected chi connectivity index (χ1v) is 7.73. The second-order valence-electron chi connectivity index (χ2n) is 5.31. The van der Waals surface area contributed by atoms with Gasteiger partial charge in [-0.1, -0.05) is 37.3 Å². The van der Waals surface area contributed by atoms with Gasteiger partial charge in [0.05, 0.1) is 13.2 Å². The first kappa shape index (κ1) is 18.1. The van der Waals surface area contributed by atoms with Crippen LogP contribution in [0.25, 0.3) is 0 Å². The Hall–Kier alpha value is -0.940. The van der Waals surface area contributed by atoms with Gasteiger partial charge in [-0.2, -0.15) is 0 Å². The molecule has 2 unspecified atom stereocenters. The van der Waals surface area contributed by atoms with Gasteiger partial charge in [0.15, 0.2) is 0 Å². The lowest BCUT2D eigenvalue weighted by Gasteiger charge is -2.32. The molecule has 0 radical (unpaired) electrons. The van der Waals surface area contributed by atoms with Crippen molar-refractivity contribution in [2.45, 2.75) is 25.9 Å². The number of methoxy groups -OCH3 is 2. The van der Waals surface area contributed by atoms with E-state index in [1.807, 2.05) is 0 Å². The van der Waals surface area contributed by atoms with E-state index in [2.05, 4.69) is 54.4 Å². The Morgan fingerprint density at radius 1 is 1.14 bits per heavy atom. The molecule has 0 saturated carbocycles. The van der Waals surface area contributed by atoms with Gasteiger partial charge in [-0.05, 0) is 19.0 Å². The Kier molecular flexibility index (Phi) is 9.26. The van der Waals surface area contributed by atoms with Crippen LogP contribution in [0.2, 0.25) is 0 Å². The molecule has 1 aromatic rings. The van der Waals surface area contributed by atoms with Gasteiger partial charge in [-0.15, -0.1) is 0 Å². The Morgan fingerprint density at radius 2 is 1.86 bits per heavy atom. The van der Waals surface area contributed by atoms with Crippen molar-refractivity contribution >= 4 is 0 Å². The SMILES string of the molecule is CCNC(CN(CCOC)C(C)COC)c1ccccc1. The highest BCUT2D eigenvalue weighted by Crippen LogP contribution is 2.15. The molecule has 0 bridgehead atoms. The van der Waals surface area contributed by atoms with Gasteiger partial charge in [-0.3, -0.25) is 4.90 Å². The fourth-order valence-corrected chi connectivity index (χ4v) is 2.50. The fraction of sp³-hybridized carbons (Fsp3) is 0.647. The van der Waals surface area contributed by atoms with Crippen LogP contribution in [0.3, 0.4) is 0 Å². The van der Waals surface area contributed by atoms with Gasteiger partial charge >= 0.3 is 0 Å². The average molecular weight is 294 g/mol. The number of rotatable bonds is 11. The van der Waals surface area contributed by atoms with E-state index < -0.39 is 0 Å². The van der Waals surface area contributed by atoms with Crippen molar-refractivity contribution in [3.8, 4) is 0 Å². The molecule has 4 heteroatoms. The predicted octanol–water partition coefficient (Wildman–Crippen LogP) is 2.32. The summed E-state index contributed by atoms with van der Waals surface area (Å²) < 4.78 is 10.6. The van der Waals surface area contributed by atoms with Crippen LogP contribution in [0.4, 0.5) is 0 Å². The maximum atomic E-state index is 5.31. The van der Waals surface area contributed by atoms with E-state index in [0.717, 1.165) is 32.8 Å². The number of nitrogens with one attached hydrogen (secondary N) is 1. The van der Waals surface area contributed by atoms with Crippen molar-refractivity contribution in [2.24, 2.45) is 0 Å². The highest BCUT2D eigenvalue weighted by atomic mass is 16.5. The van der Waals surface area contributed by atoms with E-state index in [1.165, 1.54) is 5.56 Å². The highest BCUT2D eigenvalue weighted by Gasteiger charge is 2.19. The Balaban J connectivity index is 2.75. The van der Waals surface area contributed by atoms with E-state index in [0.29, 0.717) is 12.1 Å². The Labute approximate surface area is 129 Å². The molecule has 0 amide bonds. The molecule has 21 heavy (non-hydrogen) atoms. The quantitative estimate of drug-likeness (QED) is 0.679. The zero-order valence-corrected chi connectivity index (χ0v) is 13.8. The number of nitrogens with zero attached hydrogens (tertiary/aromatic N) is 1. The monoisotopic (exact) mass is 294 g/mol. The summed E-state index contributed by atoms with van der Waals surface area (Å²) in [4.78, 5) is 2.42. The van der Waals surface area contributed by atoms with Crippen molar-refractivity contribution in [2.75, 3.05) is 47.1 Å². The average Bonchev–Trinajstić information content (AvgIpc) is 2.51. The van der Waals surface area contributed by atoms with Gasteiger partial charge in [0.25, 0.3) is 0 Å². The molecule has 4 nitrogen and oxygen atoms in total. The van der Waals surface area contributed by atoms with E-state index in [-0.39, 0.29) is 0 Å². The van der Waals surface area contributed by atoms with Crippen LogP contribution in [-0.4, -0.2) is 58.0 Å². The summed E-state index contributed by atoms with van der Waals surface area (Å²) in [7, 11) is 3.50. The van der Waals surface area contributed by atoms with Crippen molar-refractivity contribution in [1.29, 1.82) is 0 Å². The van der Waals surface area contributed by atoms with E-state index in [9.17, 15) is 0 Å². The summed E-state index contributed by atoms with van der Waals surface area (Å²) in [6, 6.07) is 11.3. The van der Waals surface area contributed by atoms with Crippen LogP contribution in [0, 0.1) is 0 Å². The first-order valence-electron chi connectivity index (χ1n) is 7.73. The topological polar surface area (TPSA) is 33.7 Å². The molecular weight excluding hydrogens is 264 g/mol. The molecule has 0 saturated heterocycles. The maximum Gasteiger partial charge on any atom is 0.0615 e. The smallest absolute Gasteiger partial charge is 0.0615 e. The second-order valence-corrected chi connectivity index (χ2v) is 5.31. The molecule has 0 fully saturated rings. The number of benzene rings is 1. The number of ether oxygens (including phenoxy) is 2. The Bertz CT molecular complexity index is 359. The summed E-state index contributed by atoms with van der Waals surface area (Å²) >= 11 is 0. The summed E-state index contributed by atoms with van der Waals surface area (Å²) in [5.41, 5.74) is 1.33. The van der Waals surface area contributed by atoms with Crippen LogP contribution in [0.15, 0.2) is 30.3 Å². The number of hydrogen-bond donors (Lipinski definition) is 1.